The summed E-state index contributed by atoms with van der Waals surface area (Å²) in [6, 6.07) is -0.488. The quantitative estimate of drug-likeness (QED) is 0.639. The summed E-state index contributed by atoms with van der Waals surface area (Å²) < 4.78 is 7.24. The van der Waals surface area contributed by atoms with Crippen LogP contribution in [0.25, 0.3) is 11.0 Å². The van der Waals surface area contributed by atoms with E-state index >= 15 is 0 Å². The second-order valence-electron chi connectivity index (χ2n) is 9.70. The number of aryl methyl sites for hydroxylation is 1. The smallest absolute Gasteiger partial charge is 0.332 e. The second-order valence-corrected chi connectivity index (χ2v) is 10.5. The van der Waals surface area contributed by atoms with Crippen LogP contribution in [0.15, 0.2) is 9.59 Å². The molecule has 4 rings (SSSR count). The van der Waals surface area contributed by atoms with Gasteiger partial charge in [-0.15, -0.1) is 0 Å². The van der Waals surface area contributed by atoms with E-state index in [0.717, 1.165) is 37.2 Å². The lowest BCUT2D eigenvalue weighted by molar-refractivity contribution is -0.131. The van der Waals surface area contributed by atoms with Gasteiger partial charge in [-0.3, -0.25) is 23.6 Å². The number of urea groups is 1. The molecule has 2 aliphatic rings. The van der Waals surface area contributed by atoms with Crippen LogP contribution in [0.4, 0.5) is 9.80 Å². The van der Waals surface area contributed by atoms with Gasteiger partial charge in [-0.2, -0.15) is 4.37 Å². The molecular formula is C22H32N6O4S. The molecule has 2 N–H and O–H groups in total. The van der Waals surface area contributed by atoms with Gasteiger partial charge in [0.05, 0.1) is 0 Å². The highest BCUT2D eigenvalue weighted by Crippen LogP contribution is 2.35. The van der Waals surface area contributed by atoms with Crippen LogP contribution in [0.5, 0.6) is 0 Å². The van der Waals surface area contributed by atoms with Crippen molar-refractivity contribution in [3.05, 3.63) is 20.8 Å². The van der Waals surface area contributed by atoms with Crippen LogP contribution in [0.2, 0.25) is 0 Å². The van der Waals surface area contributed by atoms with Crippen LogP contribution in [0.3, 0.4) is 0 Å². The summed E-state index contributed by atoms with van der Waals surface area (Å²) in [5.74, 6) is 0.00837. The molecule has 0 radical (unpaired) electrons. The predicted octanol–water partition coefficient (Wildman–Crippen LogP) is 2.41. The van der Waals surface area contributed by atoms with E-state index in [1.165, 1.54) is 16.5 Å². The first kappa shape index (κ1) is 23.5. The number of nitrogen functional groups attached to an aromatic ring is 1. The number of imide groups is 1. The van der Waals surface area contributed by atoms with Crippen molar-refractivity contribution in [1.29, 1.82) is 0 Å². The second kappa shape index (κ2) is 8.58. The standard InChI is InChI=1S/C22H32N6O4S/c1-5-6-11-26-17-15(16(23)33-24-17)18(29)28(21(26)32)14-9-7-13(8-10-14)12-27-20(31)25(4)19(30)22(27,2)3/h13-14H,5-12,23H2,1-4H3. The highest BCUT2D eigenvalue weighted by atomic mass is 32.1. The molecule has 0 unspecified atom stereocenters. The fraction of sp³-hybridized carbons (Fsp3) is 0.682. The lowest BCUT2D eigenvalue weighted by Gasteiger charge is -2.35. The maximum atomic E-state index is 13.3. The number of anilines is 1. The molecule has 3 heterocycles. The summed E-state index contributed by atoms with van der Waals surface area (Å²) in [6.07, 6.45) is 4.56. The summed E-state index contributed by atoms with van der Waals surface area (Å²) in [6.45, 7) is 6.58. The molecule has 0 bridgehead atoms. The van der Waals surface area contributed by atoms with Crippen LogP contribution in [-0.2, 0) is 11.3 Å². The highest BCUT2D eigenvalue weighted by molar-refractivity contribution is 7.11. The van der Waals surface area contributed by atoms with E-state index in [0.29, 0.717) is 42.0 Å². The third kappa shape index (κ3) is 3.75. The lowest BCUT2D eigenvalue weighted by atomic mass is 9.85. The third-order valence-electron chi connectivity index (χ3n) is 7.20. The van der Waals surface area contributed by atoms with Crippen molar-refractivity contribution < 1.29 is 9.59 Å². The molecule has 1 saturated carbocycles. The molecule has 0 aromatic carbocycles. The van der Waals surface area contributed by atoms with Crippen LogP contribution in [-0.4, -0.2) is 54.4 Å². The number of fused-ring (bicyclic) bond motifs is 1. The zero-order chi connectivity index (χ0) is 24.1. The number of unbranched alkanes of at least 4 members (excludes halogenated alkanes) is 1. The van der Waals surface area contributed by atoms with Gasteiger partial charge in [0.2, 0.25) is 0 Å². The number of hydrogen-bond donors (Lipinski definition) is 1. The Bertz CT molecular complexity index is 1200. The average Bonchev–Trinajstić information content (AvgIpc) is 3.23. The highest BCUT2D eigenvalue weighted by Gasteiger charge is 2.50. The molecule has 2 aromatic heterocycles. The van der Waals surface area contributed by atoms with Crippen molar-refractivity contribution in [1.82, 2.24) is 23.3 Å². The Labute approximate surface area is 196 Å². The first-order chi connectivity index (χ1) is 15.6. The average molecular weight is 477 g/mol. The van der Waals surface area contributed by atoms with E-state index in [4.69, 9.17) is 5.73 Å². The molecule has 2 aromatic rings. The van der Waals surface area contributed by atoms with Crippen LogP contribution in [0, 0.1) is 5.92 Å². The topological polar surface area (TPSA) is 124 Å². The molecule has 3 amide bonds. The van der Waals surface area contributed by atoms with E-state index in [-0.39, 0.29) is 35.1 Å². The fourth-order valence-corrected chi connectivity index (χ4v) is 5.77. The maximum absolute atomic E-state index is 13.3. The van der Waals surface area contributed by atoms with E-state index in [2.05, 4.69) is 4.37 Å². The van der Waals surface area contributed by atoms with Gasteiger partial charge < -0.3 is 10.6 Å². The number of nitrogens with zero attached hydrogens (tertiary/aromatic N) is 5. The normalized spacial score (nSPS) is 23.2. The Morgan fingerprint density at radius 2 is 1.79 bits per heavy atom. The van der Waals surface area contributed by atoms with Crippen molar-refractivity contribution in [3.63, 3.8) is 0 Å². The van der Waals surface area contributed by atoms with E-state index in [9.17, 15) is 19.2 Å². The minimum Gasteiger partial charge on any atom is -0.389 e. The van der Waals surface area contributed by atoms with Crippen molar-refractivity contribution in [2.24, 2.45) is 5.92 Å². The number of nitrogens with two attached hydrogens (primary N) is 1. The Balaban J connectivity index is 1.57. The molecule has 2 fully saturated rings. The van der Waals surface area contributed by atoms with E-state index in [1.54, 1.807) is 23.3 Å². The number of carbonyl (C=O) groups excluding carboxylic acids is 2. The zero-order valence-electron chi connectivity index (χ0n) is 19.7. The minimum absolute atomic E-state index is 0.198. The van der Waals surface area contributed by atoms with Crippen LogP contribution in [0.1, 0.15) is 65.3 Å². The SMILES string of the molecule is CCCCn1c(=O)n(C2CCC(CN3C(=O)N(C)C(=O)C3(C)C)CC2)c(=O)c2c(N)snc21. The van der Waals surface area contributed by atoms with Gasteiger partial charge in [0.1, 0.15) is 15.9 Å². The summed E-state index contributed by atoms with van der Waals surface area (Å²) >= 11 is 1.05. The first-order valence-electron chi connectivity index (χ1n) is 11.6. The molecule has 180 valence electrons. The molecule has 1 saturated heterocycles. The Kier molecular flexibility index (Phi) is 6.10. The molecule has 1 aliphatic carbocycles. The summed E-state index contributed by atoms with van der Waals surface area (Å²) in [5, 5.41) is 0.676. The van der Waals surface area contributed by atoms with Crippen molar-refractivity contribution in [2.45, 2.75) is 77.4 Å². The van der Waals surface area contributed by atoms with Gasteiger partial charge in [0.15, 0.2) is 5.65 Å². The number of hydrogen-bond acceptors (Lipinski definition) is 7. The molecule has 10 nitrogen and oxygen atoms in total. The molecule has 33 heavy (non-hydrogen) atoms. The maximum Gasteiger partial charge on any atom is 0.332 e. The number of likely N-dealkylation sites (N-methyl/N-ethyl adjacent to an activating group) is 1. The minimum atomic E-state index is -0.860. The Morgan fingerprint density at radius 3 is 2.36 bits per heavy atom. The number of aromatic nitrogens is 3. The molecular weight excluding hydrogens is 444 g/mol. The van der Waals surface area contributed by atoms with E-state index < -0.39 is 5.54 Å². The van der Waals surface area contributed by atoms with Crippen molar-refractivity contribution >= 4 is 39.5 Å². The summed E-state index contributed by atoms with van der Waals surface area (Å²) in [4.78, 5) is 54.4. The number of carbonyl (C=O) groups is 2. The molecule has 11 heteroatoms. The molecule has 0 atom stereocenters. The number of rotatable bonds is 6. The first-order valence-corrected chi connectivity index (χ1v) is 12.4. The monoisotopic (exact) mass is 476 g/mol. The summed E-state index contributed by atoms with van der Waals surface area (Å²) in [5.41, 5.74) is 4.90. The third-order valence-corrected chi connectivity index (χ3v) is 7.87. The van der Waals surface area contributed by atoms with Crippen molar-refractivity contribution in [3.8, 4) is 0 Å². The Morgan fingerprint density at radius 1 is 1.12 bits per heavy atom. The zero-order valence-corrected chi connectivity index (χ0v) is 20.5. The Hall–Kier alpha value is -2.69. The van der Waals surface area contributed by atoms with Gasteiger partial charge in [0, 0.05) is 26.2 Å². The lowest BCUT2D eigenvalue weighted by Crippen LogP contribution is -2.47. The molecule has 0 spiro atoms. The van der Waals surface area contributed by atoms with Gasteiger partial charge in [0.25, 0.3) is 11.5 Å². The largest absolute Gasteiger partial charge is 0.389 e. The van der Waals surface area contributed by atoms with Crippen LogP contribution < -0.4 is 17.0 Å². The summed E-state index contributed by atoms with van der Waals surface area (Å²) in [7, 11) is 1.51. The molecule has 1 aliphatic heterocycles. The van der Waals surface area contributed by atoms with Gasteiger partial charge in [-0.05, 0) is 63.4 Å². The van der Waals surface area contributed by atoms with E-state index in [1.807, 2.05) is 6.92 Å². The fourth-order valence-electron chi connectivity index (χ4n) is 5.13. The number of amides is 3. The van der Waals surface area contributed by atoms with Crippen LogP contribution >= 0.6 is 11.5 Å². The van der Waals surface area contributed by atoms with Gasteiger partial charge >= 0.3 is 11.7 Å². The predicted molar refractivity (Wildman–Crippen MR) is 127 cm³/mol. The van der Waals surface area contributed by atoms with Gasteiger partial charge in [-0.1, -0.05) is 13.3 Å². The van der Waals surface area contributed by atoms with Crippen molar-refractivity contribution in [2.75, 3.05) is 19.3 Å². The van der Waals surface area contributed by atoms with Gasteiger partial charge in [-0.25, -0.2) is 9.59 Å².